The third-order valence-electron chi connectivity index (χ3n) is 6.16. The maximum absolute atomic E-state index is 14.1. The van der Waals surface area contributed by atoms with E-state index in [0.717, 1.165) is 37.1 Å². The summed E-state index contributed by atoms with van der Waals surface area (Å²) in [6.45, 7) is 0. The van der Waals surface area contributed by atoms with Gasteiger partial charge in [-0.25, -0.2) is 4.39 Å². The van der Waals surface area contributed by atoms with E-state index in [0.29, 0.717) is 5.56 Å². The van der Waals surface area contributed by atoms with Gasteiger partial charge in [-0.15, -0.1) is 0 Å². The minimum absolute atomic E-state index is 0.135. The molecular weight excluding hydrogens is 628 g/mol. The van der Waals surface area contributed by atoms with Crippen molar-refractivity contribution in [2.75, 3.05) is 0 Å². The molecule has 4 N–H and O–H groups in total. The highest BCUT2D eigenvalue weighted by atomic mass is 79.9. The van der Waals surface area contributed by atoms with Gasteiger partial charge in [-0.1, -0.05) is 25.0 Å². The minimum Gasteiger partial charge on any atom is -0.506 e. The quantitative estimate of drug-likeness (QED) is 0.214. The highest BCUT2D eigenvalue weighted by Gasteiger charge is 2.43. The van der Waals surface area contributed by atoms with Crippen molar-refractivity contribution in [3.05, 3.63) is 62.3 Å². The lowest BCUT2D eigenvalue weighted by atomic mass is 9.87. The number of hydrogen-bond acceptors (Lipinski definition) is 5. The fourth-order valence-electron chi connectivity index (χ4n) is 4.13. The minimum atomic E-state index is -4.89. The first-order chi connectivity index (χ1) is 17.3. The van der Waals surface area contributed by atoms with Gasteiger partial charge >= 0.3 is 6.18 Å². The maximum atomic E-state index is 14.1. The molecule has 12 heteroatoms. The Kier molecular flexibility index (Phi) is 9.52. The van der Waals surface area contributed by atoms with Crippen LogP contribution in [0.15, 0.2) is 45.3 Å². The number of amides is 1. The van der Waals surface area contributed by atoms with Crippen LogP contribution in [0.5, 0.6) is 5.75 Å². The predicted octanol–water partition coefficient (Wildman–Crippen LogP) is 5.29. The van der Waals surface area contributed by atoms with Crippen LogP contribution in [0.3, 0.4) is 0 Å². The van der Waals surface area contributed by atoms with Crippen LogP contribution in [0.25, 0.3) is 0 Å². The van der Waals surface area contributed by atoms with Crippen molar-refractivity contribution in [2.24, 2.45) is 17.6 Å². The lowest BCUT2D eigenvalue weighted by Gasteiger charge is -2.28. The molecule has 1 aliphatic rings. The van der Waals surface area contributed by atoms with Crippen molar-refractivity contribution in [1.29, 1.82) is 0 Å². The number of benzene rings is 2. The van der Waals surface area contributed by atoms with Crippen molar-refractivity contribution in [3.63, 3.8) is 0 Å². The van der Waals surface area contributed by atoms with E-state index < -0.39 is 59.5 Å². The SMILES string of the molecule is NC(=O)C(=O)[C@@H](CC(=O)[C@H](Cc1cc(Br)c(O)c(Br)c1)N[C@@H](c1cccc(F)c1)C(F)(F)F)CC1CC1. The number of rotatable bonds is 12. The Morgan fingerprint density at radius 3 is 2.24 bits per heavy atom. The molecule has 2 aromatic rings. The summed E-state index contributed by atoms with van der Waals surface area (Å²) in [5.74, 6) is -4.78. The predicted molar refractivity (Wildman–Crippen MR) is 134 cm³/mol. The lowest BCUT2D eigenvalue weighted by molar-refractivity contribution is -0.161. The number of primary amides is 1. The first kappa shape index (κ1) is 29.2. The number of hydrogen-bond donors (Lipinski definition) is 3. The van der Waals surface area contributed by atoms with Crippen LogP contribution < -0.4 is 11.1 Å². The number of nitrogens with two attached hydrogens (primary N) is 1. The number of halogens is 6. The molecule has 0 heterocycles. The van der Waals surface area contributed by atoms with Gasteiger partial charge in [0.2, 0.25) is 5.78 Å². The van der Waals surface area contributed by atoms with Gasteiger partial charge in [0.25, 0.3) is 5.91 Å². The van der Waals surface area contributed by atoms with E-state index in [2.05, 4.69) is 37.2 Å². The van der Waals surface area contributed by atoms with E-state index in [1.54, 1.807) is 0 Å². The molecule has 1 fully saturated rings. The second-order valence-corrected chi connectivity index (χ2v) is 10.8. The van der Waals surface area contributed by atoms with E-state index in [-0.39, 0.29) is 33.5 Å². The van der Waals surface area contributed by atoms with E-state index in [4.69, 9.17) is 5.73 Å². The second-order valence-electron chi connectivity index (χ2n) is 9.14. The fourth-order valence-corrected chi connectivity index (χ4v) is 5.41. The van der Waals surface area contributed by atoms with Crippen LogP contribution in [-0.4, -0.2) is 34.8 Å². The van der Waals surface area contributed by atoms with Crippen LogP contribution in [0.1, 0.15) is 42.9 Å². The number of ketones is 2. The molecule has 0 saturated heterocycles. The van der Waals surface area contributed by atoms with Gasteiger partial charge in [-0.2, -0.15) is 13.2 Å². The molecule has 1 amide bonds. The molecule has 3 atom stereocenters. The summed E-state index contributed by atoms with van der Waals surface area (Å²) in [5, 5.41) is 12.3. The number of phenolic OH excluding ortho intramolecular Hbond substituents is 1. The Balaban J connectivity index is 1.96. The molecule has 0 aromatic heterocycles. The first-order valence-corrected chi connectivity index (χ1v) is 13.0. The van der Waals surface area contributed by atoms with Crippen LogP contribution in [0, 0.1) is 17.7 Å². The lowest BCUT2D eigenvalue weighted by Crippen LogP contribution is -2.47. The van der Waals surface area contributed by atoms with Crippen molar-refractivity contribution < 1.29 is 37.1 Å². The summed E-state index contributed by atoms with van der Waals surface area (Å²) in [6.07, 6.45) is -3.74. The Morgan fingerprint density at radius 2 is 1.73 bits per heavy atom. The summed E-state index contributed by atoms with van der Waals surface area (Å²) in [7, 11) is 0. The molecule has 0 bridgehead atoms. The third kappa shape index (κ3) is 8.08. The zero-order valence-corrected chi connectivity index (χ0v) is 22.5. The van der Waals surface area contributed by atoms with Gasteiger partial charge in [-0.05, 0) is 86.0 Å². The number of carbonyl (C=O) groups excluding carboxylic acids is 3. The summed E-state index contributed by atoms with van der Waals surface area (Å²) in [5.41, 5.74) is 5.11. The van der Waals surface area contributed by atoms with E-state index in [1.807, 2.05) is 0 Å². The van der Waals surface area contributed by atoms with Gasteiger partial charge in [-0.3, -0.25) is 19.7 Å². The van der Waals surface area contributed by atoms with E-state index >= 15 is 0 Å². The monoisotopic (exact) mass is 650 g/mol. The molecule has 1 aliphatic carbocycles. The smallest absolute Gasteiger partial charge is 0.407 e. The largest absolute Gasteiger partial charge is 0.506 e. The molecular formula is C25H24Br2F4N2O4. The number of alkyl halides is 3. The number of aromatic hydroxyl groups is 1. The van der Waals surface area contributed by atoms with Crippen molar-refractivity contribution >= 4 is 49.3 Å². The Morgan fingerprint density at radius 1 is 1.11 bits per heavy atom. The molecule has 0 aliphatic heterocycles. The maximum Gasteiger partial charge on any atom is 0.407 e. The van der Waals surface area contributed by atoms with E-state index in [9.17, 15) is 37.1 Å². The average Bonchev–Trinajstić information content (AvgIpc) is 3.62. The Hall–Kier alpha value is -2.31. The fraction of sp³-hybridized carbons (Fsp3) is 0.400. The van der Waals surface area contributed by atoms with Gasteiger partial charge in [0.1, 0.15) is 17.6 Å². The van der Waals surface area contributed by atoms with Crippen molar-refractivity contribution in [3.8, 4) is 5.75 Å². The zero-order chi connectivity index (χ0) is 27.5. The topological polar surface area (TPSA) is 109 Å². The van der Waals surface area contributed by atoms with Crippen LogP contribution >= 0.6 is 31.9 Å². The molecule has 0 radical (unpaired) electrons. The molecule has 6 nitrogen and oxygen atoms in total. The van der Waals surface area contributed by atoms with Crippen molar-refractivity contribution in [2.45, 2.75) is 50.4 Å². The van der Waals surface area contributed by atoms with Gasteiger partial charge < -0.3 is 10.8 Å². The summed E-state index contributed by atoms with van der Waals surface area (Å²) in [6, 6.07) is 2.99. The first-order valence-electron chi connectivity index (χ1n) is 11.4. The molecule has 0 spiro atoms. The van der Waals surface area contributed by atoms with Crippen LogP contribution in [0.2, 0.25) is 0 Å². The Labute approximate surface area is 227 Å². The highest BCUT2D eigenvalue weighted by Crippen LogP contribution is 2.38. The number of nitrogens with one attached hydrogen (secondary N) is 1. The van der Waals surface area contributed by atoms with E-state index in [1.165, 1.54) is 12.1 Å². The average molecular weight is 652 g/mol. The standard InChI is InChI=1S/C25H24Br2F4N2O4/c26-17-7-13(8-18(27)22(17)36)9-19(20(34)11-15(6-12-4-5-12)21(35)24(32)37)33-23(25(29,30)31)14-2-1-3-16(28)10-14/h1-3,7-8,10,12,15,19,23,33,36H,4-6,9,11H2,(H2,32,37)/t15-,19+,23+/m1/s1. The number of carbonyl (C=O) groups is 3. The van der Waals surface area contributed by atoms with Gasteiger partial charge in [0.15, 0.2) is 5.78 Å². The molecule has 0 unspecified atom stereocenters. The summed E-state index contributed by atoms with van der Waals surface area (Å²) < 4.78 is 56.6. The van der Waals surface area contributed by atoms with Gasteiger partial charge in [0, 0.05) is 12.3 Å². The molecule has 200 valence electrons. The molecule has 2 aromatic carbocycles. The van der Waals surface area contributed by atoms with Crippen LogP contribution in [0.4, 0.5) is 17.6 Å². The summed E-state index contributed by atoms with van der Waals surface area (Å²) in [4.78, 5) is 37.3. The zero-order valence-electron chi connectivity index (χ0n) is 19.3. The molecule has 3 rings (SSSR count). The molecule has 37 heavy (non-hydrogen) atoms. The Bertz CT molecular complexity index is 1160. The highest BCUT2D eigenvalue weighted by molar-refractivity contribution is 9.11. The van der Waals surface area contributed by atoms with Crippen molar-refractivity contribution in [1.82, 2.24) is 5.32 Å². The number of Topliss-reactive ketones (excluding diaryl/α,β-unsaturated/α-hetero) is 2. The van der Waals surface area contributed by atoms with Crippen LogP contribution in [-0.2, 0) is 20.8 Å². The second kappa shape index (κ2) is 12.0. The summed E-state index contributed by atoms with van der Waals surface area (Å²) >= 11 is 6.31. The number of phenols is 1. The van der Waals surface area contributed by atoms with Gasteiger partial charge in [0.05, 0.1) is 15.0 Å². The normalized spacial score (nSPS) is 16.2. The molecule has 1 saturated carbocycles. The third-order valence-corrected chi connectivity index (χ3v) is 7.37.